The van der Waals surface area contributed by atoms with Crippen LogP contribution >= 0.6 is 7.26 Å². The second-order valence-electron chi connectivity index (χ2n) is 9.67. The first kappa shape index (κ1) is 27.7. The van der Waals surface area contributed by atoms with Crippen molar-refractivity contribution in [2.75, 3.05) is 18.5 Å². The van der Waals surface area contributed by atoms with Crippen LogP contribution in [0.15, 0.2) is 54.1 Å². The second-order valence-corrected chi connectivity index (χ2v) is 14.0. The molecule has 1 aliphatic carbocycles. The van der Waals surface area contributed by atoms with Gasteiger partial charge in [-0.2, -0.15) is 0 Å². The Bertz CT molecular complexity index is 1130. The highest BCUT2D eigenvalue weighted by molar-refractivity contribution is 7.76. The summed E-state index contributed by atoms with van der Waals surface area (Å²) in [6.07, 6.45) is 8.62. The molecule has 0 aromatic heterocycles. The zero-order chi connectivity index (χ0) is 26.3. The Hall–Kier alpha value is -2.85. The normalized spacial score (nSPS) is 14.6. The van der Waals surface area contributed by atoms with Gasteiger partial charge in [-0.3, -0.25) is 19.7 Å². The summed E-state index contributed by atoms with van der Waals surface area (Å²) >= 11 is 0. The van der Waals surface area contributed by atoms with E-state index in [-0.39, 0.29) is 22.6 Å². The lowest BCUT2D eigenvalue weighted by atomic mass is 9.85. The summed E-state index contributed by atoms with van der Waals surface area (Å²) < 4.78 is 0. The number of benzene rings is 2. The van der Waals surface area contributed by atoms with E-state index in [0.717, 1.165) is 57.0 Å². The van der Waals surface area contributed by atoms with Gasteiger partial charge in [0.1, 0.15) is 11.4 Å². The number of hydrogen-bond donors (Lipinski definition) is 1. The molecule has 0 aliphatic heterocycles. The zero-order valence-electron chi connectivity index (χ0n) is 21.5. The van der Waals surface area contributed by atoms with Gasteiger partial charge in [0.2, 0.25) is 11.6 Å². The Balaban J connectivity index is 2.37. The van der Waals surface area contributed by atoms with Gasteiger partial charge in [0.05, 0.1) is 29.0 Å². The van der Waals surface area contributed by atoms with Gasteiger partial charge in [-0.15, -0.1) is 0 Å². The first-order valence-corrected chi connectivity index (χ1v) is 15.4. The number of ketones is 2. The predicted molar refractivity (Wildman–Crippen MR) is 147 cm³/mol. The average molecular weight is 511 g/mol. The van der Waals surface area contributed by atoms with Crippen molar-refractivity contribution in [3.05, 3.63) is 80.9 Å². The molecular weight excluding hydrogens is 473 g/mol. The Morgan fingerprint density at radius 1 is 0.833 bits per heavy atom. The SMILES string of the molecule is CCCC[P+](CCCC)(CCCC)C(C1=C(O)c2ccccc2C(=O)C1=O)c1cccc([N+](=O)[O-])c1. The number of nitrogens with zero attached hydrogens (tertiary/aromatic N) is 1. The number of unbranched alkanes of at least 4 members (excludes halogenated alkanes) is 3. The molecule has 0 amide bonds. The van der Waals surface area contributed by atoms with E-state index >= 15 is 0 Å². The second kappa shape index (κ2) is 12.4. The summed E-state index contributed by atoms with van der Waals surface area (Å²) in [5, 5.41) is 23.2. The third kappa shape index (κ3) is 5.59. The fourth-order valence-electron chi connectivity index (χ4n) is 5.35. The van der Waals surface area contributed by atoms with Crippen LogP contribution in [0.5, 0.6) is 0 Å². The number of allylic oxidation sites excluding steroid dienone is 1. The fourth-order valence-corrected chi connectivity index (χ4v) is 11.2. The quantitative estimate of drug-likeness (QED) is 0.128. The van der Waals surface area contributed by atoms with Crippen LogP contribution in [0.1, 0.15) is 86.4 Å². The van der Waals surface area contributed by atoms with Gasteiger partial charge in [-0.1, -0.05) is 76.4 Å². The number of hydrogen-bond acceptors (Lipinski definition) is 5. The summed E-state index contributed by atoms with van der Waals surface area (Å²) in [6.45, 7) is 6.41. The van der Waals surface area contributed by atoms with E-state index in [2.05, 4.69) is 20.8 Å². The minimum Gasteiger partial charge on any atom is -0.507 e. The summed E-state index contributed by atoms with van der Waals surface area (Å²) in [5.74, 6) is -1.45. The zero-order valence-corrected chi connectivity index (χ0v) is 22.4. The molecule has 6 nitrogen and oxygen atoms in total. The minimum atomic E-state index is -2.02. The van der Waals surface area contributed by atoms with Gasteiger partial charge in [0, 0.05) is 36.1 Å². The van der Waals surface area contributed by atoms with E-state index in [1.165, 1.54) is 6.07 Å². The molecule has 36 heavy (non-hydrogen) atoms. The molecule has 192 valence electrons. The molecule has 1 aliphatic rings. The Morgan fingerprint density at radius 2 is 1.39 bits per heavy atom. The number of nitro benzene ring substituents is 1. The van der Waals surface area contributed by atoms with Crippen molar-refractivity contribution in [1.29, 1.82) is 0 Å². The van der Waals surface area contributed by atoms with E-state index < -0.39 is 29.4 Å². The van der Waals surface area contributed by atoms with Crippen LogP contribution in [0, 0.1) is 10.1 Å². The van der Waals surface area contributed by atoms with Gasteiger partial charge in [-0.05, 0) is 19.3 Å². The largest absolute Gasteiger partial charge is 0.507 e. The number of rotatable bonds is 13. The van der Waals surface area contributed by atoms with E-state index in [0.29, 0.717) is 11.1 Å². The van der Waals surface area contributed by atoms with E-state index in [1.807, 2.05) is 6.07 Å². The highest BCUT2D eigenvalue weighted by Gasteiger charge is 2.52. The summed E-state index contributed by atoms with van der Waals surface area (Å²) in [5.41, 5.74) is 0.797. The van der Waals surface area contributed by atoms with Crippen LogP contribution in [0.2, 0.25) is 0 Å². The third-order valence-corrected chi connectivity index (χ3v) is 12.5. The summed E-state index contributed by atoms with van der Waals surface area (Å²) in [4.78, 5) is 38.2. The first-order chi connectivity index (χ1) is 17.3. The average Bonchev–Trinajstić information content (AvgIpc) is 2.90. The third-order valence-electron chi connectivity index (χ3n) is 7.22. The van der Waals surface area contributed by atoms with Crippen LogP contribution in [0.4, 0.5) is 5.69 Å². The van der Waals surface area contributed by atoms with Crippen LogP contribution in [0.25, 0.3) is 5.76 Å². The molecule has 1 atom stereocenters. The number of aliphatic hydroxyl groups excluding tert-OH is 1. The van der Waals surface area contributed by atoms with E-state index in [9.17, 15) is 24.8 Å². The maximum Gasteiger partial charge on any atom is 0.269 e. The molecule has 0 radical (unpaired) electrons. The number of fused-ring (bicyclic) bond motifs is 1. The van der Waals surface area contributed by atoms with Crippen molar-refractivity contribution in [3.63, 3.8) is 0 Å². The Labute approximate surface area is 214 Å². The predicted octanol–water partition coefficient (Wildman–Crippen LogP) is 7.79. The summed E-state index contributed by atoms with van der Waals surface area (Å²) in [6, 6.07) is 13.1. The maximum atomic E-state index is 13.7. The molecule has 0 bridgehead atoms. The number of nitro groups is 1. The lowest BCUT2D eigenvalue weighted by Gasteiger charge is -2.37. The van der Waals surface area contributed by atoms with Crippen LogP contribution in [-0.2, 0) is 4.79 Å². The molecule has 7 heteroatoms. The molecule has 2 aromatic carbocycles. The smallest absolute Gasteiger partial charge is 0.269 e. The Kier molecular flexibility index (Phi) is 9.56. The van der Waals surface area contributed by atoms with Crippen molar-refractivity contribution in [3.8, 4) is 0 Å². The van der Waals surface area contributed by atoms with E-state index in [4.69, 9.17) is 0 Å². The van der Waals surface area contributed by atoms with Gasteiger partial charge in [0.25, 0.3) is 5.69 Å². The number of carbonyl (C=O) groups excluding carboxylic acids is 2. The standard InChI is InChI=1S/C29H36NO5P/c1-4-7-17-36(18-8-5-2,19-9-6-3)29(21-13-12-14-22(20-21)30(34)35)25-26(31)23-15-10-11-16-24(23)27(32)28(25)33/h10-16,20,29H,4-9,17-19H2,1-3H3/p+1. The van der Waals surface area contributed by atoms with Crippen molar-refractivity contribution < 1.29 is 19.6 Å². The molecule has 0 saturated carbocycles. The number of non-ortho nitro benzene ring substituents is 1. The molecule has 2 aromatic rings. The molecular formula is C29H37NO5P+. The first-order valence-electron chi connectivity index (χ1n) is 13.0. The van der Waals surface area contributed by atoms with Crippen LogP contribution in [0.3, 0.4) is 0 Å². The minimum absolute atomic E-state index is 0.0489. The molecule has 3 rings (SSSR count). The molecule has 0 spiro atoms. The highest BCUT2D eigenvalue weighted by Crippen LogP contribution is 2.74. The monoisotopic (exact) mass is 510 g/mol. The number of Topliss-reactive ketones (excluding diaryl/α,β-unsaturated/α-hetero) is 2. The van der Waals surface area contributed by atoms with Gasteiger partial charge in [-0.25, -0.2) is 0 Å². The van der Waals surface area contributed by atoms with Crippen molar-refractivity contribution in [2.45, 2.75) is 65.0 Å². The van der Waals surface area contributed by atoms with Gasteiger partial charge in [0.15, 0.2) is 0 Å². The molecule has 0 saturated heterocycles. The van der Waals surface area contributed by atoms with Crippen molar-refractivity contribution in [1.82, 2.24) is 0 Å². The topological polar surface area (TPSA) is 97.5 Å². The Morgan fingerprint density at radius 3 is 1.92 bits per heavy atom. The van der Waals surface area contributed by atoms with E-state index in [1.54, 1.807) is 36.4 Å². The number of aliphatic hydroxyl groups is 1. The number of carbonyl (C=O) groups is 2. The van der Waals surface area contributed by atoms with Gasteiger partial charge >= 0.3 is 0 Å². The van der Waals surface area contributed by atoms with Crippen molar-refractivity contribution in [2.24, 2.45) is 0 Å². The van der Waals surface area contributed by atoms with Crippen molar-refractivity contribution >= 4 is 30.3 Å². The molecule has 0 fully saturated rings. The van der Waals surface area contributed by atoms with Crippen LogP contribution in [-0.4, -0.2) is 40.1 Å². The summed E-state index contributed by atoms with van der Waals surface area (Å²) in [7, 11) is -2.02. The molecule has 1 N–H and O–H groups in total. The maximum absolute atomic E-state index is 13.7. The lowest BCUT2D eigenvalue weighted by molar-refractivity contribution is -0.384. The molecule has 1 unspecified atom stereocenters. The van der Waals surface area contributed by atoms with Crippen LogP contribution < -0.4 is 0 Å². The lowest BCUT2D eigenvalue weighted by Crippen LogP contribution is -2.30. The fraction of sp³-hybridized carbons (Fsp3) is 0.448. The highest BCUT2D eigenvalue weighted by atomic mass is 31.2. The van der Waals surface area contributed by atoms with Gasteiger partial charge < -0.3 is 5.11 Å². The molecule has 0 heterocycles.